The van der Waals surface area contributed by atoms with Gasteiger partial charge in [-0.1, -0.05) is 30.7 Å². The zero-order valence-electron chi connectivity index (χ0n) is 10.5. The molecule has 1 rings (SSSR count). The van der Waals surface area contributed by atoms with E-state index >= 15 is 0 Å². The van der Waals surface area contributed by atoms with E-state index in [2.05, 4.69) is 17.1 Å². The lowest BCUT2D eigenvalue weighted by atomic mass is 10.1. The minimum absolute atomic E-state index is 0.455. The topological polar surface area (TPSA) is 35.5 Å². The lowest BCUT2D eigenvalue weighted by Gasteiger charge is -2.23. The van der Waals surface area contributed by atoms with E-state index in [9.17, 15) is 5.11 Å². The molecule has 1 atom stereocenters. The first-order chi connectivity index (χ1) is 8.17. The van der Waals surface area contributed by atoms with Crippen LogP contribution in [-0.2, 0) is 0 Å². The zero-order valence-corrected chi connectivity index (χ0v) is 11.2. The summed E-state index contributed by atoms with van der Waals surface area (Å²) in [5.74, 6) is 0. The summed E-state index contributed by atoms with van der Waals surface area (Å²) in [7, 11) is 1.93. The Kier molecular flexibility index (Phi) is 6.52. The van der Waals surface area contributed by atoms with Gasteiger partial charge >= 0.3 is 0 Å². The summed E-state index contributed by atoms with van der Waals surface area (Å²) < 4.78 is 0. The van der Waals surface area contributed by atoms with Crippen molar-refractivity contribution in [2.45, 2.75) is 13.0 Å². The third-order valence-corrected chi connectivity index (χ3v) is 3.06. The van der Waals surface area contributed by atoms with Crippen LogP contribution in [0.4, 0.5) is 0 Å². The lowest BCUT2D eigenvalue weighted by Crippen LogP contribution is -2.34. The van der Waals surface area contributed by atoms with Crippen molar-refractivity contribution in [3.8, 4) is 0 Å². The van der Waals surface area contributed by atoms with Crippen LogP contribution in [0.1, 0.15) is 18.6 Å². The summed E-state index contributed by atoms with van der Waals surface area (Å²) in [6, 6.07) is 7.37. The van der Waals surface area contributed by atoms with Crippen LogP contribution in [0.3, 0.4) is 0 Å². The number of nitrogens with zero attached hydrogens (tertiary/aromatic N) is 1. The van der Waals surface area contributed by atoms with E-state index < -0.39 is 6.10 Å². The zero-order chi connectivity index (χ0) is 12.7. The number of hydrogen-bond acceptors (Lipinski definition) is 3. The fraction of sp³-hybridized carbons (Fsp3) is 0.538. The van der Waals surface area contributed by atoms with E-state index in [0.717, 1.165) is 25.2 Å². The van der Waals surface area contributed by atoms with E-state index in [1.807, 2.05) is 31.3 Å². The van der Waals surface area contributed by atoms with Gasteiger partial charge in [0.25, 0.3) is 0 Å². The Morgan fingerprint density at radius 3 is 2.53 bits per heavy atom. The minimum Gasteiger partial charge on any atom is -0.387 e. The third-order valence-electron chi connectivity index (χ3n) is 2.81. The van der Waals surface area contributed by atoms with Gasteiger partial charge in [0.1, 0.15) is 0 Å². The molecule has 0 fully saturated rings. The number of aliphatic hydroxyl groups excluding tert-OH is 1. The van der Waals surface area contributed by atoms with Crippen LogP contribution < -0.4 is 5.32 Å². The van der Waals surface area contributed by atoms with E-state index in [1.54, 1.807) is 0 Å². The summed E-state index contributed by atoms with van der Waals surface area (Å²) in [5.41, 5.74) is 0.914. The maximum atomic E-state index is 10.1. The molecule has 1 unspecified atom stereocenters. The summed E-state index contributed by atoms with van der Waals surface area (Å²) in [6.07, 6.45) is -0.455. The molecule has 4 heteroatoms. The first kappa shape index (κ1) is 14.5. The maximum Gasteiger partial charge on any atom is 0.0916 e. The van der Waals surface area contributed by atoms with Crippen molar-refractivity contribution in [1.82, 2.24) is 10.2 Å². The standard InChI is InChI=1S/C13H21ClN2O/c1-3-16(9-8-15-2)10-13(17)11-4-6-12(14)7-5-11/h4-7,13,15,17H,3,8-10H2,1-2H3. The van der Waals surface area contributed by atoms with Gasteiger partial charge in [0, 0.05) is 24.7 Å². The Balaban J connectivity index is 2.51. The van der Waals surface area contributed by atoms with Crippen LogP contribution in [0.2, 0.25) is 5.02 Å². The fourth-order valence-electron chi connectivity index (χ4n) is 1.68. The molecule has 0 aliphatic heterocycles. The Labute approximate surface area is 108 Å². The molecule has 3 nitrogen and oxygen atoms in total. The number of likely N-dealkylation sites (N-methyl/N-ethyl adjacent to an activating group) is 2. The van der Waals surface area contributed by atoms with Crippen molar-refractivity contribution in [2.75, 3.05) is 33.2 Å². The number of rotatable bonds is 7. The summed E-state index contributed by atoms with van der Waals surface area (Å²) in [6.45, 7) is 5.56. The molecule has 0 radical (unpaired) electrons. The summed E-state index contributed by atoms with van der Waals surface area (Å²) in [4.78, 5) is 2.22. The van der Waals surface area contributed by atoms with Crippen LogP contribution in [0.15, 0.2) is 24.3 Å². The number of aliphatic hydroxyl groups is 1. The van der Waals surface area contributed by atoms with E-state index in [1.165, 1.54) is 0 Å². The van der Waals surface area contributed by atoms with Gasteiger partial charge < -0.3 is 10.4 Å². The van der Waals surface area contributed by atoms with Crippen LogP contribution in [0, 0.1) is 0 Å². The normalized spacial score (nSPS) is 13.0. The van der Waals surface area contributed by atoms with E-state index in [0.29, 0.717) is 11.6 Å². The van der Waals surface area contributed by atoms with Gasteiger partial charge in [0.05, 0.1) is 6.10 Å². The fourth-order valence-corrected chi connectivity index (χ4v) is 1.81. The molecular formula is C13H21ClN2O. The van der Waals surface area contributed by atoms with Crippen molar-refractivity contribution in [1.29, 1.82) is 0 Å². The number of benzene rings is 1. The molecule has 0 saturated carbocycles. The van der Waals surface area contributed by atoms with E-state index in [-0.39, 0.29) is 0 Å². The van der Waals surface area contributed by atoms with Gasteiger partial charge in [0.2, 0.25) is 0 Å². The molecule has 1 aromatic rings. The third kappa shape index (κ3) is 5.04. The Bertz CT molecular complexity index is 316. The summed E-state index contributed by atoms with van der Waals surface area (Å²) in [5, 5.41) is 13.9. The molecule has 1 aromatic carbocycles. The summed E-state index contributed by atoms with van der Waals surface area (Å²) >= 11 is 5.82. The van der Waals surface area contributed by atoms with Gasteiger partial charge in [-0.05, 0) is 31.3 Å². The average molecular weight is 257 g/mol. The smallest absolute Gasteiger partial charge is 0.0916 e. The molecule has 0 saturated heterocycles. The van der Waals surface area contributed by atoms with Gasteiger partial charge in [0.15, 0.2) is 0 Å². The highest BCUT2D eigenvalue weighted by Crippen LogP contribution is 2.17. The van der Waals surface area contributed by atoms with Crippen LogP contribution in [0.25, 0.3) is 0 Å². The van der Waals surface area contributed by atoms with E-state index in [4.69, 9.17) is 11.6 Å². The molecular weight excluding hydrogens is 236 g/mol. The van der Waals surface area contributed by atoms with Crippen LogP contribution >= 0.6 is 11.6 Å². The lowest BCUT2D eigenvalue weighted by molar-refractivity contribution is 0.116. The molecule has 96 valence electrons. The second-order valence-electron chi connectivity index (χ2n) is 4.06. The Hall–Kier alpha value is -0.610. The van der Waals surface area contributed by atoms with Crippen molar-refractivity contribution < 1.29 is 5.11 Å². The SMILES string of the molecule is CCN(CCNC)CC(O)c1ccc(Cl)cc1. The van der Waals surface area contributed by atoms with Gasteiger partial charge in [-0.25, -0.2) is 0 Å². The molecule has 0 spiro atoms. The monoisotopic (exact) mass is 256 g/mol. The van der Waals surface area contributed by atoms with Crippen molar-refractivity contribution in [3.05, 3.63) is 34.9 Å². The molecule has 0 aliphatic rings. The molecule has 0 aromatic heterocycles. The first-order valence-electron chi connectivity index (χ1n) is 5.97. The van der Waals surface area contributed by atoms with Crippen LogP contribution in [-0.4, -0.2) is 43.2 Å². The van der Waals surface area contributed by atoms with Gasteiger partial charge in [-0.15, -0.1) is 0 Å². The molecule has 0 aliphatic carbocycles. The van der Waals surface area contributed by atoms with Crippen molar-refractivity contribution in [3.63, 3.8) is 0 Å². The minimum atomic E-state index is -0.455. The predicted molar refractivity (Wildman–Crippen MR) is 72.5 cm³/mol. The highest BCUT2D eigenvalue weighted by atomic mass is 35.5. The largest absolute Gasteiger partial charge is 0.387 e. The molecule has 2 N–H and O–H groups in total. The average Bonchev–Trinajstić information content (AvgIpc) is 2.35. The number of hydrogen-bond donors (Lipinski definition) is 2. The molecule has 17 heavy (non-hydrogen) atoms. The van der Waals surface area contributed by atoms with Crippen molar-refractivity contribution in [2.24, 2.45) is 0 Å². The number of nitrogens with one attached hydrogen (secondary N) is 1. The molecule has 0 heterocycles. The quantitative estimate of drug-likeness (QED) is 0.783. The van der Waals surface area contributed by atoms with Gasteiger partial charge in [-0.2, -0.15) is 0 Å². The molecule has 0 amide bonds. The van der Waals surface area contributed by atoms with Gasteiger partial charge in [-0.3, -0.25) is 4.90 Å². The predicted octanol–water partition coefficient (Wildman–Crippen LogP) is 1.91. The highest BCUT2D eigenvalue weighted by molar-refractivity contribution is 6.30. The van der Waals surface area contributed by atoms with Crippen molar-refractivity contribution >= 4 is 11.6 Å². The molecule has 0 bridgehead atoms. The Morgan fingerprint density at radius 2 is 2.00 bits per heavy atom. The maximum absolute atomic E-state index is 10.1. The highest BCUT2D eigenvalue weighted by Gasteiger charge is 2.11. The second-order valence-corrected chi connectivity index (χ2v) is 4.50. The van der Waals surface area contributed by atoms with Crippen LogP contribution in [0.5, 0.6) is 0 Å². The first-order valence-corrected chi connectivity index (χ1v) is 6.35. The second kappa shape index (κ2) is 7.67. The number of halogens is 1. The Morgan fingerprint density at radius 1 is 1.35 bits per heavy atom.